The van der Waals surface area contributed by atoms with E-state index in [0.717, 1.165) is 9.13 Å². The van der Waals surface area contributed by atoms with Crippen LogP contribution in [0.25, 0.3) is 10.9 Å². The Bertz CT molecular complexity index is 1570. The van der Waals surface area contributed by atoms with Crippen LogP contribution in [0.4, 0.5) is 5.69 Å². The minimum atomic E-state index is -0.827. The highest BCUT2D eigenvalue weighted by atomic mass is 16.5. The molecular weight excluding hydrogens is 462 g/mol. The minimum absolute atomic E-state index is 0.140. The number of aromatic nitrogens is 2. The minimum Gasteiger partial charge on any atom is -0.454 e. The van der Waals surface area contributed by atoms with E-state index < -0.39 is 36.3 Å². The van der Waals surface area contributed by atoms with Gasteiger partial charge in [-0.3, -0.25) is 28.3 Å². The summed E-state index contributed by atoms with van der Waals surface area (Å²) in [5.74, 6) is -1.74. The van der Waals surface area contributed by atoms with Crippen molar-refractivity contribution in [3.8, 4) is 0 Å². The van der Waals surface area contributed by atoms with Crippen molar-refractivity contribution in [3.05, 3.63) is 111 Å². The Hall–Kier alpha value is -4.79. The van der Waals surface area contributed by atoms with E-state index in [1.54, 1.807) is 85.8 Å². The molecule has 4 aromatic rings. The largest absolute Gasteiger partial charge is 0.454 e. The number of hydrogen-bond donors (Lipinski definition) is 1. The molecule has 1 aromatic heterocycles. The maximum absolute atomic E-state index is 12.8. The zero-order valence-electron chi connectivity index (χ0n) is 19.5. The second kappa shape index (κ2) is 10.6. The van der Waals surface area contributed by atoms with Gasteiger partial charge >= 0.3 is 11.7 Å². The molecule has 1 heterocycles. The molecule has 3 aromatic carbocycles. The van der Waals surface area contributed by atoms with Crippen molar-refractivity contribution in [2.75, 3.05) is 11.9 Å². The lowest BCUT2D eigenvalue weighted by Gasteiger charge is -2.13. The van der Waals surface area contributed by atoms with Gasteiger partial charge in [0.25, 0.3) is 11.5 Å². The van der Waals surface area contributed by atoms with Crippen molar-refractivity contribution in [3.63, 3.8) is 0 Å². The van der Waals surface area contributed by atoms with Crippen molar-refractivity contribution >= 4 is 34.3 Å². The Morgan fingerprint density at radius 3 is 2.25 bits per heavy atom. The highest BCUT2D eigenvalue weighted by Gasteiger charge is 2.18. The third-order valence-corrected chi connectivity index (χ3v) is 5.58. The molecule has 0 saturated heterocycles. The predicted octanol–water partition coefficient (Wildman–Crippen LogP) is 2.60. The Morgan fingerprint density at radius 2 is 1.50 bits per heavy atom. The van der Waals surface area contributed by atoms with Crippen molar-refractivity contribution in [2.24, 2.45) is 0 Å². The van der Waals surface area contributed by atoms with Crippen LogP contribution >= 0.6 is 0 Å². The molecule has 1 N–H and O–H groups in total. The van der Waals surface area contributed by atoms with Gasteiger partial charge in [-0.1, -0.05) is 54.6 Å². The van der Waals surface area contributed by atoms with Gasteiger partial charge in [-0.2, -0.15) is 0 Å². The number of ether oxygens (including phenoxy) is 1. The third-order valence-electron chi connectivity index (χ3n) is 5.58. The van der Waals surface area contributed by atoms with Gasteiger partial charge in [-0.25, -0.2) is 4.79 Å². The zero-order chi connectivity index (χ0) is 25.7. The maximum atomic E-state index is 12.8. The Balaban J connectivity index is 1.46. The summed E-state index contributed by atoms with van der Waals surface area (Å²) in [4.78, 5) is 63.1. The third kappa shape index (κ3) is 5.00. The molecule has 0 atom stereocenters. The molecule has 9 nitrogen and oxygen atoms in total. The molecule has 0 spiro atoms. The van der Waals surface area contributed by atoms with Gasteiger partial charge in [0.15, 0.2) is 12.4 Å². The number of carbonyl (C=O) groups is 3. The molecule has 0 bridgehead atoms. The number of hydrogen-bond acceptors (Lipinski definition) is 6. The molecule has 0 radical (unpaired) electrons. The number of fused-ring (bicyclic) bond motifs is 1. The second-order valence-corrected chi connectivity index (χ2v) is 7.88. The van der Waals surface area contributed by atoms with Crippen LogP contribution in [0, 0.1) is 0 Å². The van der Waals surface area contributed by atoms with Gasteiger partial charge < -0.3 is 10.1 Å². The van der Waals surface area contributed by atoms with Crippen molar-refractivity contribution in [1.82, 2.24) is 9.13 Å². The normalized spacial score (nSPS) is 10.7. The van der Waals surface area contributed by atoms with Crippen LogP contribution in [-0.4, -0.2) is 33.4 Å². The molecule has 0 unspecified atom stereocenters. The van der Waals surface area contributed by atoms with Gasteiger partial charge in [0.2, 0.25) is 0 Å². The van der Waals surface area contributed by atoms with Crippen LogP contribution in [0.5, 0.6) is 0 Å². The van der Waals surface area contributed by atoms with Crippen LogP contribution < -0.4 is 16.6 Å². The summed E-state index contributed by atoms with van der Waals surface area (Å²) in [6, 6.07) is 21.6. The van der Waals surface area contributed by atoms with Gasteiger partial charge in [0.05, 0.1) is 16.6 Å². The highest BCUT2D eigenvalue weighted by Crippen LogP contribution is 2.19. The molecule has 36 heavy (non-hydrogen) atoms. The summed E-state index contributed by atoms with van der Waals surface area (Å²) in [6.07, 6.45) is 0. The van der Waals surface area contributed by atoms with E-state index in [1.165, 1.54) is 0 Å². The number of benzene rings is 3. The first-order chi connectivity index (χ1) is 17.4. The first-order valence-electron chi connectivity index (χ1n) is 11.3. The molecule has 0 saturated carbocycles. The van der Waals surface area contributed by atoms with Gasteiger partial charge in [0, 0.05) is 17.7 Å². The van der Waals surface area contributed by atoms with Crippen LogP contribution in [0.2, 0.25) is 0 Å². The number of amides is 1. The Labute approximate surface area is 205 Å². The maximum Gasteiger partial charge on any atom is 0.332 e. The number of esters is 1. The average Bonchev–Trinajstić information content (AvgIpc) is 2.90. The fourth-order valence-electron chi connectivity index (χ4n) is 3.84. The Kier molecular flexibility index (Phi) is 7.20. The number of para-hydroxylation sites is 2. The molecule has 9 heteroatoms. The van der Waals surface area contributed by atoms with E-state index in [-0.39, 0.29) is 18.0 Å². The lowest BCUT2D eigenvalue weighted by molar-refractivity contribution is -0.147. The fraction of sp³-hybridized carbons (Fsp3) is 0.148. The zero-order valence-corrected chi connectivity index (χ0v) is 19.5. The first kappa shape index (κ1) is 24.3. The van der Waals surface area contributed by atoms with Gasteiger partial charge in [-0.15, -0.1) is 0 Å². The fourth-order valence-corrected chi connectivity index (χ4v) is 3.84. The average molecular weight is 485 g/mol. The molecular formula is C27H23N3O6. The number of anilines is 1. The van der Waals surface area contributed by atoms with E-state index in [2.05, 4.69) is 5.32 Å². The lowest BCUT2D eigenvalue weighted by Crippen LogP contribution is -2.41. The van der Waals surface area contributed by atoms with Crippen LogP contribution in [0.15, 0.2) is 88.5 Å². The monoisotopic (exact) mass is 485 g/mol. The molecule has 0 aliphatic carbocycles. The summed E-state index contributed by atoms with van der Waals surface area (Å²) in [5.41, 5.74) is 0.262. The van der Waals surface area contributed by atoms with Crippen LogP contribution in [0.3, 0.4) is 0 Å². The van der Waals surface area contributed by atoms with Crippen molar-refractivity contribution in [2.45, 2.75) is 20.0 Å². The SMILES string of the molecule is CCn1c(=O)c2ccccc2n(CC(=O)OCC(=O)Nc2ccccc2C(=O)c2ccccc2)c1=O. The van der Waals surface area contributed by atoms with Crippen LogP contribution in [-0.2, 0) is 27.4 Å². The summed E-state index contributed by atoms with van der Waals surface area (Å²) >= 11 is 0. The molecule has 1 amide bonds. The van der Waals surface area contributed by atoms with Crippen LogP contribution in [0.1, 0.15) is 22.8 Å². The first-order valence-corrected chi connectivity index (χ1v) is 11.3. The standard InChI is InChI=1S/C27H23N3O6/c1-2-29-26(34)20-13-7-9-15-22(20)30(27(29)35)16-24(32)36-17-23(31)28-21-14-8-6-12-19(21)25(33)18-10-4-3-5-11-18/h3-15H,2,16-17H2,1H3,(H,28,31). The summed E-state index contributed by atoms with van der Waals surface area (Å²) < 4.78 is 7.27. The number of nitrogens with zero attached hydrogens (tertiary/aromatic N) is 2. The smallest absolute Gasteiger partial charge is 0.332 e. The summed E-state index contributed by atoms with van der Waals surface area (Å²) in [5, 5.41) is 2.89. The molecule has 0 aliphatic heterocycles. The van der Waals surface area contributed by atoms with Gasteiger partial charge in [-0.05, 0) is 31.2 Å². The van der Waals surface area contributed by atoms with E-state index in [1.807, 2.05) is 0 Å². The summed E-state index contributed by atoms with van der Waals surface area (Å²) in [7, 11) is 0. The number of rotatable bonds is 8. The van der Waals surface area contributed by atoms with E-state index in [9.17, 15) is 24.0 Å². The molecule has 0 aliphatic rings. The van der Waals surface area contributed by atoms with E-state index in [0.29, 0.717) is 22.0 Å². The summed E-state index contributed by atoms with van der Waals surface area (Å²) in [6.45, 7) is 0.703. The lowest BCUT2D eigenvalue weighted by atomic mass is 10.0. The predicted molar refractivity (Wildman–Crippen MR) is 134 cm³/mol. The Morgan fingerprint density at radius 1 is 0.833 bits per heavy atom. The topological polar surface area (TPSA) is 116 Å². The van der Waals surface area contributed by atoms with Gasteiger partial charge in [0.1, 0.15) is 6.54 Å². The van der Waals surface area contributed by atoms with E-state index >= 15 is 0 Å². The molecule has 0 fully saturated rings. The number of carbonyl (C=O) groups excluding carboxylic acids is 3. The number of ketones is 1. The van der Waals surface area contributed by atoms with Crippen molar-refractivity contribution < 1.29 is 19.1 Å². The van der Waals surface area contributed by atoms with E-state index in [4.69, 9.17) is 4.74 Å². The van der Waals surface area contributed by atoms with Crippen molar-refractivity contribution in [1.29, 1.82) is 0 Å². The highest BCUT2D eigenvalue weighted by molar-refractivity contribution is 6.13. The quantitative estimate of drug-likeness (QED) is 0.303. The number of nitrogens with one attached hydrogen (secondary N) is 1. The second-order valence-electron chi connectivity index (χ2n) is 7.88. The molecule has 4 rings (SSSR count). The molecule has 182 valence electrons.